The van der Waals surface area contributed by atoms with E-state index in [1.165, 1.54) is 5.57 Å². The van der Waals surface area contributed by atoms with Gasteiger partial charge in [-0.25, -0.2) is 4.99 Å². The highest BCUT2D eigenvalue weighted by atomic mass is 35.5. The van der Waals surface area contributed by atoms with Crippen LogP contribution in [-0.2, 0) is 0 Å². The van der Waals surface area contributed by atoms with Crippen LogP contribution >= 0.6 is 11.6 Å². The average Bonchev–Trinajstić information content (AvgIpc) is 2.66. The lowest BCUT2D eigenvalue weighted by atomic mass is 9.96. The lowest BCUT2D eigenvalue weighted by Gasteiger charge is -2.17. The van der Waals surface area contributed by atoms with Gasteiger partial charge >= 0.3 is 0 Å². The fourth-order valence-corrected chi connectivity index (χ4v) is 2.81. The number of hydrogen-bond acceptors (Lipinski definition) is 2. The molecule has 144 valence electrons. The Morgan fingerprint density at radius 1 is 1.04 bits per heavy atom. The number of allylic oxidation sites excluding steroid dienone is 3. The Morgan fingerprint density at radius 2 is 1.75 bits per heavy atom. The standard InChI is InChI=1S/C25H27ClN2/c1-18(2)11-9-12-19(3)17-27-20(4)25-23(22-13-7-6-8-14-22)15-10-16-24(25)28-21(5)26/h6-16,27H,3-4,17H2,1-2,5H3/b12-9-,28-21+. The van der Waals surface area contributed by atoms with Crippen molar-refractivity contribution in [3.8, 4) is 11.1 Å². The van der Waals surface area contributed by atoms with E-state index in [2.05, 4.69) is 61.6 Å². The molecular formula is C25H27ClN2. The molecule has 3 heteroatoms. The normalized spacial score (nSPS) is 11.4. The smallest absolute Gasteiger partial charge is 0.103 e. The van der Waals surface area contributed by atoms with Gasteiger partial charge in [0.1, 0.15) is 5.17 Å². The van der Waals surface area contributed by atoms with Crippen molar-refractivity contribution in [2.75, 3.05) is 6.54 Å². The van der Waals surface area contributed by atoms with Crippen LogP contribution < -0.4 is 5.32 Å². The van der Waals surface area contributed by atoms with Gasteiger partial charge in [0.05, 0.1) is 5.69 Å². The molecule has 0 spiro atoms. The number of halogens is 1. The van der Waals surface area contributed by atoms with Crippen molar-refractivity contribution in [1.82, 2.24) is 5.32 Å². The maximum Gasteiger partial charge on any atom is 0.103 e. The predicted molar refractivity (Wildman–Crippen MR) is 125 cm³/mol. The number of rotatable bonds is 8. The lowest BCUT2D eigenvalue weighted by Crippen LogP contribution is -2.14. The third-order valence-electron chi connectivity index (χ3n) is 3.99. The number of nitrogens with zero attached hydrogens (tertiary/aromatic N) is 1. The maximum absolute atomic E-state index is 6.07. The Morgan fingerprint density at radius 3 is 2.39 bits per heavy atom. The molecule has 0 bridgehead atoms. The lowest BCUT2D eigenvalue weighted by molar-refractivity contribution is 0.983. The fraction of sp³-hybridized carbons (Fsp3) is 0.160. The van der Waals surface area contributed by atoms with Gasteiger partial charge in [-0.15, -0.1) is 0 Å². The molecule has 0 aromatic heterocycles. The van der Waals surface area contributed by atoms with Crippen molar-refractivity contribution in [3.63, 3.8) is 0 Å². The Labute approximate surface area is 173 Å². The van der Waals surface area contributed by atoms with E-state index in [0.717, 1.165) is 33.6 Å². The molecule has 0 aliphatic carbocycles. The molecule has 0 atom stereocenters. The van der Waals surface area contributed by atoms with Crippen molar-refractivity contribution < 1.29 is 0 Å². The first-order valence-corrected chi connectivity index (χ1v) is 9.58. The average molecular weight is 391 g/mol. The summed E-state index contributed by atoms with van der Waals surface area (Å²) in [7, 11) is 0. The summed E-state index contributed by atoms with van der Waals surface area (Å²) < 4.78 is 0. The first-order valence-electron chi connectivity index (χ1n) is 9.20. The van der Waals surface area contributed by atoms with E-state index in [0.29, 0.717) is 11.7 Å². The summed E-state index contributed by atoms with van der Waals surface area (Å²) in [5.41, 5.74) is 6.89. The SMILES string of the molecule is C=C(/C=C\C=C(C)C)CNC(=C)c1c(/N=C(\C)Cl)cccc1-c1ccccc1. The summed E-state index contributed by atoms with van der Waals surface area (Å²) in [6.45, 7) is 14.9. The van der Waals surface area contributed by atoms with Gasteiger partial charge in [-0.2, -0.15) is 0 Å². The zero-order valence-corrected chi connectivity index (χ0v) is 17.6. The molecule has 2 aromatic rings. The van der Waals surface area contributed by atoms with Crippen LogP contribution in [0.5, 0.6) is 0 Å². The summed E-state index contributed by atoms with van der Waals surface area (Å²) in [5.74, 6) is 0. The second-order valence-electron chi connectivity index (χ2n) is 6.77. The van der Waals surface area contributed by atoms with Crippen LogP contribution in [-0.4, -0.2) is 11.7 Å². The van der Waals surface area contributed by atoms with Crippen molar-refractivity contribution in [2.24, 2.45) is 4.99 Å². The van der Waals surface area contributed by atoms with Crippen LogP contribution in [0.4, 0.5) is 5.69 Å². The third-order valence-corrected chi connectivity index (χ3v) is 4.08. The first kappa shape index (κ1) is 21.5. The van der Waals surface area contributed by atoms with Gasteiger partial charge in [0.2, 0.25) is 0 Å². The third kappa shape index (κ3) is 6.40. The molecule has 0 aliphatic rings. The van der Waals surface area contributed by atoms with Crippen molar-refractivity contribution >= 4 is 28.2 Å². The summed E-state index contributed by atoms with van der Waals surface area (Å²) >= 11 is 6.07. The quantitative estimate of drug-likeness (QED) is 0.371. The Kier molecular flexibility index (Phi) is 8.03. The van der Waals surface area contributed by atoms with Crippen LogP contribution in [0.3, 0.4) is 0 Å². The van der Waals surface area contributed by atoms with Gasteiger partial charge < -0.3 is 5.32 Å². The molecule has 0 fully saturated rings. The number of nitrogens with one attached hydrogen (secondary N) is 1. The molecule has 28 heavy (non-hydrogen) atoms. The van der Waals surface area contributed by atoms with E-state index in [1.807, 2.05) is 42.5 Å². The second-order valence-corrected chi connectivity index (χ2v) is 7.32. The maximum atomic E-state index is 6.07. The summed E-state index contributed by atoms with van der Waals surface area (Å²) in [6.07, 6.45) is 6.06. The van der Waals surface area contributed by atoms with Gasteiger partial charge in [0.15, 0.2) is 0 Å². The number of aliphatic imine (C=N–C) groups is 1. The van der Waals surface area contributed by atoms with Gasteiger partial charge in [0, 0.05) is 17.8 Å². The first-order chi connectivity index (χ1) is 13.4. The zero-order chi connectivity index (χ0) is 20.5. The van der Waals surface area contributed by atoms with Crippen LogP contribution in [0.2, 0.25) is 0 Å². The molecule has 0 radical (unpaired) electrons. The molecule has 0 saturated carbocycles. The highest BCUT2D eigenvalue weighted by molar-refractivity contribution is 6.65. The van der Waals surface area contributed by atoms with Crippen molar-refractivity contribution in [1.29, 1.82) is 0 Å². The van der Waals surface area contributed by atoms with Gasteiger partial charge in [0.25, 0.3) is 0 Å². The summed E-state index contributed by atoms with van der Waals surface area (Å²) in [4.78, 5) is 4.50. The molecule has 0 heterocycles. The molecule has 0 unspecified atom stereocenters. The predicted octanol–water partition coefficient (Wildman–Crippen LogP) is 7.28. The minimum atomic E-state index is 0.480. The van der Waals surface area contributed by atoms with E-state index in [9.17, 15) is 0 Å². The molecule has 0 aliphatic heterocycles. The van der Waals surface area contributed by atoms with Gasteiger partial charge in [-0.3, -0.25) is 0 Å². The van der Waals surface area contributed by atoms with Crippen LogP contribution in [0.15, 0.2) is 96.1 Å². The van der Waals surface area contributed by atoms with E-state index in [4.69, 9.17) is 11.6 Å². The molecule has 2 aromatic carbocycles. The van der Waals surface area contributed by atoms with Crippen molar-refractivity contribution in [2.45, 2.75) is 20.8 Å². The topological polar surface area (TPSA) is 24.4 Å². The Hall–Kier alpha value is -2.84. The highest BCUT2D eigenvalue weighted by Gasteiger charge is 2.13. The second kappa shape index (κ2) is 10.5. The van der Waals surface area contributed by atoms with Crippen LogP contribution in [0, 0.1) is 0 Å². The van der Waals surface area contributed by atoms with E-state index < -0.39 is 0 Å². The summed E-state index contributed by atoms with van der Waals surface area (Å²) in [6, 6.07) is 16.2. The van der Waals surface area contributed by atoms with Gasteiger partial charge in [-0.1, -0.05) is 91.0 Å². The molecule has 0 amide bonds. The molecule has 2 nitrogen and oxygen atoms in total. The zero-order valence-electron chi connectivity index (χ0n) is 16.8. The minimum Gasteiger partial charge on any atom is -0.381 e. The Bertz CT molecular complexity index is 926. The minimum absolute atomic E-state index is 0.480. The molecule has 0 saturated heterocycles. The number of hydrogen-bond donors (Lipinski definition) is 1. The molecule has 1 N–H and O–H groups in total. The highest BCUT2D eigenvalue weighted by Crippen LogP contribution is 2.35. The summed E-state index contributed by atoms with van der Waals surface area (Å²) in [5, 5.41) is 3.86. The molecular weight excluding hydrogens is 364 g/mol. The van der Waals surface area contributed by atoms with Crippen LogP contribution in [0.25, 0.3) is 16.8 Å². The van der Waals surface area contributed by atoms with Gasteiger partial charge in [-0.05, 0) is 43.5 Å². The van der Waals surface area contributed by atoms with Crippen molar-refractivity contribution in [3.05, 3.63) is 96.6 Å². The fourth-order valence-electron chi connectivity index (χ4n) is 2.72. The Balaban J connectivity index is 2.32. The largest absolute Gasteiger partial charge is 0.381 e. The van der Waals surface area contributed by atoms with Crippen LogP contribution in [0.1, 0.15) is 26.3 Å². The van der Waals surface area contributed by atoms with E-state index in [1.54, 1.807) is 6.92 Å². The monoisotopic (exact) mass is 390 g/mol. The molecule has 2 rings (SSSR count). The van der Waals surface area contributed by atoms with E-state index in [-0.39, 0.29) is 0 Å². The van der Waals surface area contributed by atoms with E-state index >= 15 is 0 Å². The number of benzene rings is 2.